The lowest BCUT2D eigenvalue weighted by Gasteiger charge is -2.37. The summed E-state index contributed by atoms with van der Waals surface area (Å²) in [5.74, 6) is -3.14. The van der Waals surface area contributed by atoms with Gasteiger partial charge in [0, 0.05) is 18.7 Å². The molecule has 9 heteroatoms. The first-order valence-corrected chi connectivity index (χ1v) is 9.89. The standard InChI is InChI=1S/C19H29FN2O6/c1-13(2)27-18(8-4-3-5-9-18)16(24)26-12-19(20)10-6-15(28-19)22-11-7-14(23)21-17(22)25/h7,11,13,15,17,25H,3-6,8-10,12H2,1-2H3,(H,21,23)/t15-,17?,19+/m1/s1. The molecule has 1 saturated carbocycles. The third-order valence-electron chi connectivity index (χ3n) is 5.31. The first kappa shape index (κ1) is 21.0. The third kappa shape index (κ3) is 4.64. The highest BCUT2D eigenvalue weighted by Crippen LogP contribution is 2.37. The Labute approximate surface area is 164 Å². The second-order valence-corrected chi connectivity index (χ2v) is 7.94. The van der Waals surface area contributed by atoms with E-state index < -0.39 is 42.5 Å². The molecule has 3 atom stereocenters. The Balaban J connectivity index is 1.58. The maximum absolute atomic E-state index is 15.1. The number of halogens is 1. The van der Waals surface area contributed by atoms with Crippen LogP contribution in [0, 0.1) is 0 Å². The van der Waals surface area contributed by atoms with Crippen molar-refractivity contribution in [3.8, 4) is 0 Å². The van der Waals surface area contributed by atoms with Gasteiger partial charge in [-0.3, -0.25) is 4.79 Å². The minimum Gasteiger partial charge on any atom is -0.457 e. The average molecular weight is 400 g/mol. The summed E-state index contributed by atoms with van der Waals surface area (Å²) >= 11 is 0. The minimum atomic E-state index is -2.15. The molecule has 1 unspecified atom stereocenters. The summed E-state index contributed by atoms with van der Waals surface area (Å²) in [6.45, 7) is 3.19. The molecule has 0 aromatic rings. The van der Waals surface area contributed by atoms with Crippen molar-refractivity contribution in [2.75, 3.05) is 6.61 Å². The fourth-order valence-electron chi connectivity index (χ4n) is 4.00. The number of aliphatic hydroxyl groups is 1. The van der Waals surface area contributed by atoms with Crippen LogP contribution >= 0.6 is 0 Å². The smallest absolute Gasteiger partial charge is 0.338 e. The van der Waals surface area contributed by atoms with E-state index in [1.165, 1.54) is 17.2 Å². The van der Waals surface area contributed by atoms with E-state index in [0.717, 1.165) is 19.3 Å². The van der Waals surface area contributed by atoms with Gasteiger partial charge in [-0.2, -0.15) is 0 Å². The number of rotatable bonds is 6. The van der Waals surface area contributed by atoms with E-state index in [-0.39, 0.29) is 18.9 Å². The van der Waals surface area contributed by atoms with Crippen LogP contribution < -0.4 is 5.32 Å². The highest BCUT2D eigenvalue weighted by atomic mass is 19.2. The Bertz CT molecular complexity index is 622. The van der Waals surface area contributed by atoms with E-state index >= 15 is 4.39 Å². The lowest BCUT2D eigenvalue weighted by Crippen LogP contribution is -2.53. The van der Waals surface area contributed by atoms with Crippen molar-refractivity contribution in [3.63, 3.8) is 0 Å². The number of nitrogens with zero attached hydrogens (tertiary/aromatic N) is 1. The molecule has 1 aliphatic carbocycles. The van der Waals surface area contributed by atoms with Gasteiger partial charge in [-0.15, -0.1) is 0 Å². The van der Waals surface area contributed by atoms with Crippen LogP contribution in [0.5, 0.6) is 0 Å². The van der Waals surface area contributed by atoms with Gasteiger partial charge in [-0.05, 0) is 46.0 Å². The van der Waals surface area contributed by atoms with Crippen LogP contribution in [0.1, 0.15) is 58.8 Å². The van der Waals surface area contributed by atoms with Crippen molar-refractivity contribution in [1.82, 2.24) is 10.2 Å². The Hall–Kier alpha value is -1.71. The Kier molecular flexibility index (Phi) is 6.26. The highest BCUT2D eigenvalue weighted by Gasteiger charge is 2.48. The van der Waals surface area contributed by atoms with Crippen LogP contribution in [0.2, 0.25) is 0 Å². The molecule has 3 aliphatic rings. The molecule has 2 aliphatic heterocycles. The number of esters is 1. The van der Waals surface area contributed by atoms with Crippen LogP contribution in [0.25, 0.3) is 0 Å². The van der Waals surface area contributed by atoms with Crippen molar-refractivity contribution >= 4 is 11.9 Å². The largest absolute Gasteiger partial charge is 0.457 e. The minimum absolute atomic E-state index is 0.00793. The molecule has 3 rings (SSSR count). The van der Waals surface area contributed by atoms with Crippen LogP contribution in [-0.2, 0) is 23.8 Å². The van der Waals surface area contributed by atoms with Gasteiger partial charge < -0.3 is 29.5 Å². The molecule has 2 heterocycles. The van der Waals surface area contributed by atoms with E-state index in [1.54, 1.807) is 0 Å². The number of aliphatic hydroxyl groups excluding tert-OH is 1. The molecule has 2 fully saturated rings. The normalized spacial score (nSPS) is 32.5. The van der Waals surface area contributed by atoms with E-state index in [1.807, 2.05) is 13.8 Å². The molecule has 1 amide bonds. The molecular formula is C19H29FN2O6. The van der Waals surface area contributed by atoms with Gasteiger partial charge >= 0.3 is 5.97 Å². The lowest BCUT2D eigenvalue weighted by atomic mass is 9.84. The average Bonchev–Trinajstić information content (AvgIpc) is 3.02. The number of nitrogens with one attached hydrogen (secondary N) is 1. The van der Waals surface area contributed by atoms with Gasteiger partial charge in [0.15, 0.2) is 12.2 Å². The third-order valence-corrected chi connectivity index (χ3v) is 5.31. The topological polar surface area (TPSA) is 97.3 Å². The zero-order valence-electron chi connectivity index (χ0n) is 16.4. The summed E-state index contributed by atoms with van der Waals surface area (Å²) < 4.78 is 31.7. The van der Waals surface area contributed by atoms with Crippen molar-refractivity contribution in [2.24, 2.45) is 0 Å². The fraction of sp³-hybridized carbons (Fsp3) is 0.789. The number of alkyl halides is 1. The second kappa shape index (κ2) is 8.34. The molecule has 0 aromatic carbocycles. The predicted octanol–water partition coefficient (Wildman–Crippen LogP) is 1.68. The van der Waals surface area contributed by atoms with Crippen LogP contribution in [0.3, 0.4) is 0 Å². The summed E-state index contributed by atoms with van der Waals surface area (Å²) in [6.07, 6.45) is 4.57. The van der Waals surface area contributed by atoms with Crippen molar-refractivity contribution < 1.29 is 33.3 Å². The molecule has 8 nitrogen and oxygen atoms in total. The van der Waals surface area contributed by atoms with Crippen molar-refractivity contribution in [1.29, 1.82) is 0 Å². The summed E-state index contributed by atoms with van der Waals surface area (Å²) in [5.41, 5.74) is -1.02. The van der Waals surface area contributed by atoms with Crippen molar-refractivity contribution in [3.05, 3.63) is 12.3 Å². The van der Waals surface area contributed by atoms with Gasteiger partial charge in [0.2, 0.25) is 18.1 Å². The molecule has 0 radical (unpaired) electrons. The number of carbonyl (C=O) groups excluding carboxylic acids is 2. The maximum Gasteiger partial charge on any atom is 0.338 e. The molecule has 158 valence electrons. The van der Waals surface area contributed by atoms with Gasteiger partial charge in [0.1, 0.15) is 6.23 Å². The molecule has 1 saturated heterocycles. The SMILES string of the molecule is CC(C)OC1(C(=O)OC[C@]2(F)CC[C@H](N3C=CC(=O)NC3O)O2)CCCCC1. The quantitative estimate of drug-likeness (QED) is 0.655. The fourth-order valence-corrected chi connectivity index (χ4v) is 4.00. The highest BCUT2D eigenvalue weighted by molar-refractivity contribution is 5.88. The summed E-state index contributed by atoms with van der Waals surface area (Å²) in [4.78, 5) is 25.3. The Morgan fingerprint density at radius 2 is 2.11 bits per heavy atom. The molecular weight excluding hydrogens is 371 g/mol. The van der Waals surface area contributed by atoms with E-state index in [9.17, 15) is 14.7 Å². The maximum atomic E-state index is 15.1. The monoisotopic (exact) mass is 400 g/mol. The molecule has 28 heavy (non-hydrogen) atoms. The lowest BCUT2D eigenvalue weighted by molar-refractivity contribution is -0.224. The molecule has 2 N–H and O–H groups in total. The zero-order valence-corrected chi connectivity index (χ0v) is 16.4. The van der Waals surface area contributed by atoms with E-state index in [2.05, 4.69) is 5.32 Å². The summed E-state index contributed by atoms with van der Waals surface area (Å²) in [7, 11) is 0. The van der Waals surface area contributed by atoms with Gasteiger partial charge in [0.05, 0.1) is 6.10 Å². The van der Waals surface area contributed by atoms with Gasteiger partial charge in [-0.25, -0.2) is 9.18 Å². The number of amides is 1. The number of hydrogen-bond acceptors (Lipinski definition) is 7. The first-order valence-electron chi connectivity index (χ1n) is 9.89. The van der Waals surface area contributed by atoms with Gasteiger partial charge in [-0.1, -0.05) is 6.42 Å². The second-order valence-electron chi connectivity index (χ2n) is 7.94. The van der Waals surface area contributed by atoms with Gasteiger partial charge in [0.25, 0.3) is 0 Å². The zero-order chi connectivity index (χ0) is 20.4. The first-order chi connectivity index (χ1) is 13.2. The van der Waals surface area contributed by atoms with E-state index in [4.69, 9.17) is 14.2 Å². The number of carbonyl (C=O) groups is 2. The van der Waals surface area contributed by atoms with Crippen LogP contribution in [0.15, 0.2) is 12.3 Å². The molecule has 0 spiro atoms. The Morgan fingerprint density at radius 1 is 1.39 bits per heavy atom. The number of hydrogen-bond donors (Lipinski definition) is 2. The number of ether oxygens (including phenoxy) is 3. The van der Waals surface area contributed by atoms with Crippen LogP contribution in [0.4, 0.5) is 4.39 Å². The molecule has 0 bridgehead atoms. The van der Waals surface area contributed by atoms with Crippen molar-refractivity contribution in [2.45, 2.75) is 88.9 Å². The van der Waals surface area contributed by atoms with E-state index in [0.29, 0.717) is 12.8 Å². The van der Waals surface area contributed by atoms with Crippen LogP contribution in [-0.4, -0.2) is 58.6 Å². The summed E-state index contributed by atoms with van der Waals surface area (Å²) in [6, 6.07) is 0. The summed E-state index contributed by atoms with van der Waals surface area (Å²) in [5, 5.41) is 12.2. The molecule has 0 aromatic heterocycles. The Morgan fingerprint density at radius 3 is 2.75 bits per heavy atom. The predicted molar refractivity (Wildman–Crippen MR) is 96.1 cm³/mol.